The van der Waals surface area contributed by atoms with Crippen LogP contribution in [0.25, 0.3) is 0 Å². The summed E-state index contributed by atoms with van der Waals surface area (Å²) in [5, 5.41) is 1.84. The zero-order chi connectivity index (χ0) is 5.11. The van der Waals surface area contributed by atoms with Gasteiger partial charge >= 0.3 is 0 Å². The van der Waals surface area contributed by atoms with Crippen LogP contribution in [0.2, 0.25) is 0 Å². The molecule has 1 rings (SSSR count). The molecular formula is C5H8OS. The second-order valence-electron chi connectivity index (χ2n) is 1.39. The van der Waals surface area contributed by atoms with Gasteiger partial charge in [0.15, 0.2) is 0 Å². The van der Waals surface area contributed by atoms with Gasteiger partial charge in [0.05, 0.1) is 0 Å². The fraction of sp³-hybridized carbons (Fsp3) is 0.200. The summed E-state index contributed by atoms with van der Waals surface area (Å²) in [6.07, 6.45) is 5.82. The minimum absolute atomic E-state index is 0.759. The first kappa shape index (κ1) is 4.94. The number of thiol groups is 1. The van der Waals surface area contributed by atoms with Gasteiger partial charge in [-0.25, -0.2) is 0 Å². The third-order valence-corrected chi connectivity index (χ3v) is 1.90. The normalized spacial score (nSPS) is 33.6. The van der Waals surface area contributed by atoms with Crippen molar-refractivity contribution in [1.29, 1.82) is 0 Å². The molecule has 1 nitrogen and oxygen atoms in total. The van der Waals surface area contributed by atoms with E-state index in [0.29, 0.717) is 0 Å². The molecular weight excluding hydrogens is 108 g/mol. The molecule has 1 heterocycles. The Labute approximate surface area is 45.9 Å². The minimum Gasteiger partial charge on any atom is -0.350 e. The van der Waals surface area contributed by atoms with Crippen LogP contribution in [0.5, 0.6) is 0 Å². The summed E-state index contributed by atoms with van der Waals surface area (Å²) in [5.74, 6) is 0.839. The highest BCUT2D eigenvalue weighted by Gasteiger charge is 1.89. The summed E-state index contributed by atoms with van der Waals surface area (Å²) >= 11 is -0.759. The standard InChI is InChI=1S/C5H8OS/c6-7-4-2-1-3-5-7/h1-4,6-7H,5H2. The molecule has 1 unspecified atom stereocenters. The van der Waals surface area contributed by atoms with Crippen LogP contribution >= 0.6 is 11.2 Å². The Morgan fingerprint density at radius 3 is 2.57 bits per heavy atom. The van der Waals surface area contributed by atoms with Gasteiger partial charge in [-0.1, -0.05) is 18.2 Å². The van der Waals surface area contributed by atoms with Gasteiger partial charge in [0, 0.05) is 5.75 Å². The summed E-state index contributed by atoms with van der Waals surface area (Å²) < 4.78 is 8.84. The van der Waals surface area contributed by atoms with E-state index < -0.39 is 11.2 Å². The van der Waals surface area contributed by atoms with Gasteiger partial charge < -0.3 is 4.55 Å². The van der Waals surface area contributed by atoms with Crippen LogP contribution < -0.4 is 0 Å². The molecule has 1 aliphatic rings. The van der Waals surface area contributed by atoms with E-state index in [-0.39, 0.29) is 0 Å². The average Bonchev–Trinajstić information content (AvgIpc) is 1.69. The lowest BCUT2D eigenvalue weighted by Crippen LogP contribution is -1.80. The van der Waals surface area contributed by atoms with E-state index in [1.807, 2.05) is 23.6 Å². The van der Waals surface area contributed by atoms with E-state index >= 15 is 0 Å². The van der Waals surface area contributed by atoms with Gasteiger partial charge in [-0.15, -0.1) is 11.2 Å². The summed E-state index contributed by atoms with van der Waals surface area (Å²) in [4.78, 5) is 0. The maximum Gasteiger partial charge on any atom is 0.0181 e. The molecule has 1 N–H and O–H groups in total. The fourth-order valence-corrected chi connectivity index (χ4v) is 1.21. The largest absolute Gasteiger partial charge is 0.350 e. The Hall–Kier alpha value is -0.210. The number of hydrogen-bond donors (Lipinski definition) is 2. The number of hydrogen-bond acceptors (Lipinski definition) is 1. The number of rotatable bonds is 0. The van der Waals surface area contributed by atoms with Crippen LogP contribution in [0.15, 0.2) is 23.6 Å². The molecule has 0 aromatic rings. The first-order chi connectivity index (χ1) is 3.39. The fourth-order valence-electron chi connectivity index (χ4n) is 0.457. The van der Waals surface area contributed by atoms with E-state index in [1.54, 1.807) is 0 Å². The molecule has 0 aromatic carbocycles. The van der Waals surface area contributed by atoms with Gasteiger partial charge in [-0.2, -0.15) is 0 Å². The zero-order valence-electron chi connectivity index (χ0n) is 3.91. The predicted molar refractivity (Wildman–Crippen MR) is 34.8 cm³/mol. The van der Waals surface area contributed by atoms with Crippen molar-refractivity contribution >= 4 is 11.2 Å². The molecule has 0 aromatic heterocycles. The second kappa shape index (κ2) is 2.19. The Bertz CT molecular complexity index is 107. The highest BCUT2D eigenvalue weighted by molar-refractivity contribution is 8.14. The molecule has 0 aliphatic carbocycles. The zero-order valence-corrected chi connectivity index (χ0v) is 4.81. The lowest BCUT2D eigenvalue weighted by atomic mass is 10.5. The number of allylic oxidation sites excluding steroid dienone is 2. The summed E-state index contributed by atoms with van der Waals surface area (Å²) in [7, 11) is 0. The van der Waals surface area contributed by atoms with E-state index in [2.05, 4.69) is 0 Å². The molecule has 0 amide bonds. The van der Waals surface area contributed by atoms with Crippen molar-refractivity contribution in [3.8, 4) is 0 Å². The SMILES string of the molecule is O[SH]1C=CC=CC1. The molecule has 40 valence electrons. The van der Waals surface area contributed by atoms with Crippen molar-refractivity contribution in [2.45, 2.75) is 0 Å². The summed E-state index contributed by atoms with van der Waals surface area (Å²) in [6, 6.07) is 0. The molecule has 2 heteroatoms. The van der Waals surface area contributed by atoms with Gasteiger partial charge in [0.25, 0.3) is 0 Å². The molecule has 1 atom stereocenters. The maximum absolute atomic E-state index is 8.84. The first-order valence-electron chi connectivity index (χ1n) is 2.18. The van der Waals surface area contributed by atoms with E-state index in [1.165, 1.54) is 0 Å². The van der Waals surface area contributed by atoms with Crippen molar-refractivity contribution in [3.05, 3.63) is 23.6 Å². The molecule has 1 aliphatic heterocycles. The van der Waals surface area contributed by atoms with Gasteiger partial charge in [0.1, 0.15) is 0 Å². The van der Waals surface area contributed by atoms with Crippen LogP contribution in [0.3, 0.4) is 0 Å². The third-order valence-electron chi connectivity index (χ3n) is 0.798. The van der Waals surface area contributed by atoms with Gasteiger partial charge in [0.2, 0.25) is 0 Å². The van der Waals surface area contributed by atoms with Crippen LogP contribution in [0.4, 0.5) is 0 Å². The Balaban J connectivity index is 2.49. The minimum atomic E-state index is -0.759. The smallest absolute Gasteiger partial charge is 0.0181 e. The molecule has 0 bridgehead atoms. The highest BCUT2D eigenvalue weighted by Crippen LogP contribution is 2.22. The van der Waals surface area contributed by atoms with Crippen molar-refractivity contribution < 1.29 is 4.55 Å². The third kappa shape index (κ3) is 1.37. The summed E-state index contributed by atoms with van der Waals surface area (Å²) in [6.45, 7) is 0. The van der Waals surface area contributed by atoms with Crippen LogP contribution in [-0.2, 0) is 0 Å². The first-order valence-corrected chi connectivity index (χ1v) is 3.73. The van der Waals surface area contributed by atoms with Crippen molar-refractivity contribution in [3.63, 3.8) is 0 Å². The topological polar surface area (TPSA) is 20.2 Å². The predicted octanol–water partition coefficient (Wildman–Crippen LogP) is 1.54. The molecule has 0 saturated heterocycles. The van der Waals surface area contributed by atoms with Crippen LogP contribution in [0, 0.1) is 0 Å². The van der Waals surface area contributed by atoms with Gasteiger partial charge in [-0.05, 0) is 5.41 Å². The second-order valence-corrected chi connectivity index (χ2v) is 2.93. The monoisotopic (exact) mass is 116 g/mol. The molecule has 0 spiro atoms. The molecule has 0 radical (unpaired) electrons. The van der Waals surface area contributed by atoms with Crippen molar-refractivity contribution in [1.82, 2.24) is 0 Å². The molecule has 0 saturated carbocycles. The Kier molecular flexibility index (Phi) is 1.54. The van der Waals surface area contributed by atoms with Gasteiger partial charge in [-0.3, -0.25) is 0 Å². The van der Waals surface area contributed by atoms with Crippen LogP contribution in [-0.4, -0.2) is 10.3 Å². The van der Waals surface area contributed by atoms with Crippen molar-refractivity contribution in [2.75, 3.05) is 5.75 Å². The van der Waals surface area contributed by atoms with E-state index in [9.17, 15) is 0 Å². The highest BCUT2D eigenvalue weighted by atomic mass is 32.2. The lowest BCUT2D eigenvalue weighted by Gasteiger charge is -2.06. The molecule has 0 fully saturated rings. The molecule has 7 heavy (non-hydrogen) atoms. The summed E-state index contributed by atoms with van der Waals surface area (Å²) in [5.41, 5.74) is 0. The average molecular weight is 116 g/mol. The van der Waals surface area contributed by atoms with Crippen LogP contribution in [0.1, 0.15) is 0 Å². The van der Waals surface area contributed by atoms with Crippen molar-refractivity contribution in [2.24, 2.45) is 0 Å². The van der Waals surface area contributed by atoms with E-state index in [4.69, 9.17) is 4.55 Å². The Morgan fingerprint density at radius 2 is 2.29 bits per heavy atom. The van der Waals surface area contributed by atoms with E-state index in [0.717, 1.165) is 5.75 Å². The maximum atomic E-state index is 8.84. The Morgan fingerprint density at radius 1 is 1.43 bits per heavy atom. The lowest BCUT2D eigenvalue weighted by molar-refractivity contribution is 0.656. The quantitative estimate of drug-likeness (QED) is 0.460.